The number of benzene rings is 1. The molecule has 7 nitrogen and oxygen atoms in total. The minimum Gasteiger partial charge on any atom is -0.507 e. The van der Waals surface area contributed by atoms with Gasteiger partial charge < -0.3 is 19.2 Å². The molecule has 0 radical (unpaired) electrons. The minimum atomic E-state index is -2.00. The smallest absolute Gasteiger partial charge is 0.256 e. The number of thioether (sulfide) groups is 1. The van der Waals surface area contributed by atoms with E-state index >= 15 is 0 Å². The highest BCUT2D eigenvalue weighted by Crippen LogP contribution is 2.37. The van der Waals surface area contributed by atoms with Crippen molar-refractivity contribution in [1.82, 2.24) is 9.88 Å². The van der Waals surface area contributed by atoms with Crippen LogP contribution in [0.5, 0.6) is 11.5 Å². The Morgan fingerprint density at radius 2 is 2.06 bits per heavy atom. The fourth-order valence-corrected chi connectivity index (χ4v) is 5.36. The van der Waals surface area contributed by atoms with E-state index in [-0.39, 0.29) is 34.9 Å². The van der Waals surface area contributed by atoms with Gasteiger partial charge in [-0.05, 0) is 42.4 Å². The Hall–Kier alpha value is -2.36. The highest BCUT2D eigenvalue weighted by Gasteiger charge is 2.38. The Bertz CT molecular complexity index is 1020. The molecule has 9 heteroatoms. The number of aromatic hydroxyl groups is 1. The maximum absolute atomic E-state index is 13.6. The molecule has 1 fully saturated rings. The van der Waals surface area contributed by atoms with E-state index in [0.717, 1.165) is 11.5 Å². The van der Waals surface area contributed by atoms with Gasteiger partial charge in [-0.15, -0.1) is 0 Å². The molecule has 34 heavy (non-hydrogen) atoms. The summed E-state index contributed by atoms with van der Waals surface area (Å²) in [6.07, 6.45) is 2.27. The highest BCUT2D eigenvalue weighted by atomic mass is 32.2. The molecular weight excluding hydrogens is 468 g/mol. The second-order valence-corrected chi connectivity index (χ2v) is 15.9. The largest absolute Gasteiger partial charge is 0.507 e. The molecule has 3 rings (SSSR count). The lowest BCUT2D eigenvalue weighted by molar-refractivity contribution is 0.0643. The Morgan fingerprint density at radius 3 is 2.76 bits per heavy atom. The molecule has 1 N–H and O–H groups in total. The number of carbonyl (C=O) groups excluding carboxylic acids is 2. The number of ether oxygens (including phenoxy) is 1. The number of nitrogens with zero attached hydrogens (tertiary/aromatic N) is 2. The van der Waals surface area contributed by atoms with Crippen LogP contribution in [0.1, 0.15) is 47.2 Å². The topological polar surface area (TPSA) is 89.0 Å². The van der Waals surface area contributed by atoms with Gasteiger partial charge in [0.25, 0.3) is 5.91 Å². The Morgan fingerprint density at radius 1 is 1.29 bits per heavy atom. The van der Waals surface area contributed by atoms with Crippen LogP contribution in [0.3, 0.4) is 0 Å². The lowest BCUT2D eigenvalue weighted by atomic mass is 10.1. The second kappa shape index (κ2) is 10.9. The molecule has 1 aromatic carbocycles. The summed E-state index contributed by atoms with van der Waals surface area (Å²) in [5, 5.41) is 9.97. The standard InChI is InChI=1S/C25H34N2O5SSi/c1-25(2,3)34(4,5)32-16-21-19(8-7-11-26-21)24(30)27-12-13-33-17-18(27)15-31-23-10-6-9-22(29)20(23)14-28/h6-11,14,18,29H,12-13,15-17H2,1-5H3/t18-/m1/s1. The van der Waals surface area contributed by atoms with E-state index < -0.39 is 8.32 Å². The summed E-state index contributed by atoms with van der Waals surface area (Å²) in [6.45, 7) is 12.0. The van der Waals surface area contributed by atoms with Gasteiger partial charge in [0.15, 0.2) is 14.6 Å². The number of hydrogen-bond acceptors (Lipinski definition) is 7. The lowest BCUT2D eigenvalue weighted by Crippen LogP contribution is -2.49. The molecule has 1 atom stereocenters. The van der Waals surface area contributed by atoms with Crippen LogP contribution >= 0.6 is 11.8 Å². The molecule has 0 spiro atoms. The third-order valence-corrected chi connectivity index (χ3v) is 12.1. The van der Waals surface area contributed by atoms with Gasteiger partial charge in [0, 0.05) is 24.2 Å². The van der Waals surface area contributed by atoms with Crippen LogP contribution in [0.2, 0.25) is 18.1 Å². The number of phenolic OH excluding ortho intramolecular Hbond substituents is 1. The molecule has 0 saturated carbocycles. The number of amides is 1. The maximum Gasteiger partial charge on any atom is 0.256 e. The fraction of sp³-hybridized carbons (Fsp3) is 0.480. The highest BCUT2D eigenvalue weighted by molar-refractivity contribution is 7.99. The van der Waals surface area contributed by atoms with Crippen molar-refractivity contribution < 1.29 is 23.9 Å². The van der Waals surface area contributed by atoms with Crippen molar-refractivity contribution in [3.63, 3.8) is 0 Å². The first kappa shape index (κ1) is 26.2. The first-order valence-electron chi connectivity index (χ1n) is 11.4. The number of aldehydes is 1. The fourth-order valence-electron chi connectivity index (χ4n) is 3.39. The normalized spacial score (nSPS) is 16.9. The monoisotopic (exact) mass is 502 g/mol. The molecule has 1 saturated heterocycles. The summed E-state index contributed by atoms with van der Waals surface area (Å²) in [4.78, 5) is 31.3. The maximum atomic E-state index is 13.6. The first-order chi connectivity index (χ1) is 16.0. The predicted octanol–water partition coefficient (Wildman–Crippen LogP) is 4.76. The average Bonchev–Trinajstić information content (AvgIpc) is 2.80. The summed E-state index contributed by atoms with van der Waals surface area (Å²) in [7, 11) is -2.00. The van der Waals surface area contributed by atoms with E-state index in [4.69, 9.17) is 9.16 Å². The van der Waals surface area contributed by atoms with E-state index in [2.05, 4.69) is 38.8 Å². The molecule has 1 aromatic heterocycles. The van der Waals surface area contributed by atoms with Crippen LogP contribution in [-0.4, -0.2) is 66.2 Å². The number of carbonyl (C=O) groups is 2. The second-order valence-electron chi connectivity index (χ2n) is 9.89. The number of rotatable bonds is 8. The van der Waals surface area contributed by atoms with Crippen molar-refractivity contribution in [3.8, 4) is 11.5 Å². The van der Waals surface area contributed by atoms with Crippen molar-refractivity contribution in [2.24, 2.45) is 0 Å². The van der Waals surface area contributed by atoms with Crippen molar-refractivity contribution in [1.29, 1.82) is 0 Å². The molecule has 1 amide bonds. The van der Waals surface area contributed by atoms with E-state index in [1.807, 2.05) is 4.90 Å². The quantitative estimate of drug-likeness (QED) is 0.411. The van der Waals surface area contributed by atoms with Crippen molar-refractivity contribution in [2.45, 2.75) is 51.6 Å². The molecule has 0 bridgehead atoms. The van der Waals surface area contributed by atoms with E-state index in [9.17, 15) is 14.7 Å². The summed E-state index contributed by atoms with van der Waals surface area (Å²) in [5.41, 5.74) is 1.30. The van der Waals surface area contributed by atoms with Crippen molar-refractivity contribution >= 4 is 32.3 Å². The number of hydrogen-bond donors (Lipinski definition) is 1. The Kier molecular flexibility index (Phi) is 8.43. The third kappa shape index (κ3) is 6.00. The number of pyridine rings is 1. The lowest BCUT2D eigenvalue weighted by Gasteiger charge is -2.37. The molecule has 0 unspecified atom stereocenters. The van der Waals surface area contributed by atoms with Gasteiger partial charge in [-0.1, -0.05) is 26.8 Å². The summed E-state index contributed by atoms with van der Waals surface area (Å²) >= 11 is 1.76. The average molecular weight is 503 g/mol. The van der Waals surface area contributed by atoms with Crippen molar-refractivity contribution in [3.05, 3.63) is 53.3 Å². The Balaban J connectivity index is 1.76. The van der Waals surface area contributed by atoms with Crippen LogP contribution in [0, 0.1) is 0 Å². The van der Waals surface area contributed by atoms with Crippen molar-refractivity contribution in [2.75, 3.05) is 24.7 Å². The molecule has 2 aromatic rings. The van der Waals surface area contributed by atoms with E-state index in [1.165, 1.54) is 6.07 Å². The van der Waals surface area contributed by atoms with Gasteiger partial charge in [-0.25, -0.2) is 0 Å². The number of phenols is 1. The van der Waals surface area contributed by atoms with Gasteiger partial charge in [0.05, 0.1) is 29.5 Å². The molecule has 1 aliphatic rings. The zero-order chi connectivity index (χ0) is 24.9. The summed E-state index contributed by atoms with van der Waals surface area (Å²) in [6, 6.07) is 8.11. The summed E-state index contributed by atoms with van der Waals surface area (Å²) in [5.74, 6) is 1.64. The van der Waals surface area contributed by atoms with Gasteiger partial charge >= 0.3 is 0 Å². The van der Waals surface area contributed by atoms with E-state index in [1.54, 1.807) is 42.2 Å². The van der Waals surface area contributed by atoms with Gasteiger partial charge in [0.1, 0.15) is 18.1 Å². The predicted molar refractivity (Wildman–Crippen MR) is 137 cm³/mol. The van der Waals surface area contributed by atoms with Crippen LogP contribution in [0.4, 0.5) is 0 Å². The molecular formula is C25H34N2O5SSi. The SMILES string of the molecule is CC(C)(C)[Si](C)(C)OCc1ncccc1C(=O)N1CCSC[C@H]1COc1cccc(O)c1C=O. The van der Waals surface area contributed by atoms with Gasteiger partial charge in [-0.3, -0.25) is 14.6 Å². The Labute approximate surface area is 207 Å². The number of aromatic nitrogens is 1. The van der Waals surface area contributed by atoms with Crippen LogP contribution in [0.15, 0.2) is 36.5 Å². The molecule has 1 aliphatic heterocycles. The molecule has 184 valence electrons. The van der Waals surface area contributed by atoms with Gasteiger partial charge in [-0.2, -0.15) is 11.8 Å². The third-order valence-electron chi connectivity index (χ3n) is 6.58. The zero-order valence-corrected chi connectivity index (χ0v) is 22.4. The molecule has 0 aliphatic carbocycles. The summed E-state index contributed by atoms with van der Waals surface area (Å²) < 4.78 is 12.2. The first-order valence-corrected chi connectivity index (χ1v) is 15.5. The zero-order valence-electron chi connectivity index (χ0n) is 20.5. The van der Waals surface area contributed by atoms with Crippen LogP contribution < -0.4 is 4.74 Å². The molecule has 2 heterocycles. The van der Waals surface area contributed by atoms with Crippen LogP contribution in [0.25, 0.3) is 0 Å². The minimum absolute atomic E-state index is 0.0602. The van der Waals surface area contributed by atoms with Gasteiger partial charge in [0.2, 0.25) is 0 Å². The van der Waals surface area contributed by atoms with Crippen LogP contribution in [-0.2, 0) is 11.0 Å². The van der Waals surface area contributed by atoms with E-state index in [0.29, 0.717) is 36.4 Å².